The van der Waals surface area contributed by atoms with Gasteiger partial charge in [0.15, 0.2) is 0 Å². The van der Waals surface area contributed by atoms with Crippen LogP contribution in [0, 0.1) is 10.1 Å². The van der Waals surface area contributed by atoms with Gasteiger partial charge in [-0.2, -0.15) is 0 Å². The largest absolute Gasteiger partial charge is 0.465 e. The van der Waals surface area contributed by atoms with E-state index in [1.54, 1.807) is 22.9 Å². The number of fused-ring (bicyclic) bond motifs is 1. The Balaban J connectivity index is 1.81. The van der Waals surface area contributed by atoms with E-state index >= 15 is 0 Å². The van der Waals surface area contributed by atoms with Crippen LogP contribution in [0.4, 0.5) is 5.69 Å². The van der Waals surface area contributed by atoms with E-state index in [1.165, 1.54) is 6.07 Å². The number of carbonyl (C=O) groups excluding carboxylic acids is 2. The molecule has 0 aliphatic heterocycles. The molecular weight excluding hydrogens is 342 g/mol. The molecule has 0 N–H and O–H groups in total. The lowest BCUT2D eigenvalue weighted by molar-refractivity contribution is -0.384. The Kier molecular flexibility index (Phi) is 4.61. The van der Waals surface area contributed by atoms with Crippen LogP contribution in [0.1, 0.15) is 26.4 Å². The van der Waals surface area contributed by atoms with E-state index in [0.29, 0.717) is 11.3 Å². The van der Waals surface area contributed by atoms with Gasteiger partial charge in [0.1, 0.15) is 12.3 Å². The summed E-state index contributed by atoms with van der Waals surface area (Å²) in [6.45, 7) is -0.114. The summed E-state index contributed by atoms with van der Waals surface area (Å²) in [6.07, 6.45) is 3.51. The van der Waals surface area contributed by atoms with Gasteiger partial charge in [-0.1, -0.05) is 6.07 Å². The molecule has 0 radical (unpaired) electrons. The number of benzene rings is 1. The van der Waals surface area contributed by atoms with Crippen LogP contribution in [0.3, 0.4) is 0 Å². The number of hydrogen-bond donors (Lipinski definition) is 0. The average molecular weight is 355 g/mol. The molecule has 9 heteroatoms. The zero-order valence-corrected chi connectivity index (χ0v) is 13.6. The number of carbonyl (C=O) groups is 2. The molecule has 3 rings (SSSR count). The Hall–Kier alpha value is -3.75. The van der Waals surface area contributed by atoms with Gasteiger partial charge in [-0.15, -0.1) is 0 Å². The number of non-ortho nitro benzene ring substituents is 1. The van der Waals surface area contributed by atoms with Crippen LogP contribution in [0.2, 0.25) is 0 Å². The minimum Gasteiger partial charge on any atom is -0.465 e. The Morgan fingerprint density at radius 2 is 1.92 bits per heavy atom. The van der Waals surface area contributed by atoms with Crippen molar-refractivity contribution in [3.63, 3.8) is 0 Å². The molecule has 0 saturated carbocycles. The monoisotopic (exact) mass is 355 g/mol. The number of aromatic nitrogens is 2. The summed E-state index contributed by atoms with van der Waals surface area (Å²) in [5.74, 6) is -1.60. The third-order valence-electron chi connectivity index (χ3n) is 3.55. The Morgan fingerprint density at radius 3 is 2.58 bits per heavy atom. The second-order valence-corrected chi connectivity index (χ2v) is 5.29. The molecule has 0 unspecified atom stereocenters. The number of rotatable bonds is 5. The lowest BCUT2D eigenvalue weighted by atomic mass is 10.1. The highest BCUT2D eigenvalue weighted by Gasteiger charge is 2.19. The Bertz CT molecular complexity index is 978. The summed E-state index contributed by atoms with van der Waals surface area (Å²) in [5.41, 5.74) is 0.572. The van der Waals surface area contributed by atoms with Crippen molar-refractivity contribution in [2.45, 2.75) is 6.61 Å². The fraction of sp³-hybridized carbons (Fsp3) is 0.118. The van der Waals surface area contributed by atoms with Crippen LogP contribution >= 0.6 is 0 Å². The van der Waals surface area contributed by atoms with Gasteiger partial charge in [-0.25, -0.2) is 14.6 Å². The predicted octanol–water partition coefficient (Wildman–Crippen LogP) is 2.39. The normalized spacial score (nSPS) is 10.5. The number of imidazole rings is 1. The third-order valence-corrected chi connectivity index (χ3v) is 3.55. The van der Waals surface area contributed by atoms with Crippen LogP contribution in [-0.4, -0.2) is 33.4 Å². The number of methoxy groups -OCH3 is 1. The number of pyridine rings is 1. The van der Waals surface area contributed by atoms with Gasteiger partial charge >= 0.3 is 11.9 Å². The highest BCUT2D eigenvalue weighted by atomic mass is 16.6. The summed E-state index contributed by atoms with van der Waals surface area (Å²) < 4.78 is 11.5. The fourth-order valence-corrected chi connectivity index (χ4v) is 2.35. The first-order valence-corrected chi connectivity index (χ1v) is 7.45. The van der Waals surface area contributed by atoms with E-state index < -0.39 is 22.5 Å². The van der Waals surface area contributed by atoms with Gasteiger partial charge in [-0.05, 0) is 18.2 Å². The molecule has 0 bridgehead atoms. The minimum atomic E-state index is -0.809. The van der Waals surface area contributed by atoms with E-state index in [0.717, 1.165) is 19.2 Å². The predicted molar refractivity (Wildman–Crippen MR) is 88.7 cm³/mol. The van der Waals surface area contributed by atoms with Gasteiger partial charge in [-0.3, -0.25) is 10.1 Å². The highest BCUT2D eigenvalue weighted by molar-refractivity contribution is 5.96. The van der Waals surface area contributed by atoms with E-state index in [2.05, 4.69) is 9.72 Å². The molecule has 0 fully saturated rings. The van der Waals surface area contributed by atoms with Crippen molar-refractivity contribution < 1.29 is 24.0 Å². The van der Waals surface area contributed by atoms with Crippen molar-refractivity contribution in [2.75, 3.05) is 7.11 Å². The molecule has 0 aliphatic carbocycles. The van der Waals surface area contributed by atoms with E-state index in [1.807, 2.05) is 12.1 Å². The van der Waals surface area contributed by atoms with Crippen LogP contribution in [0.15, 0.2) is 48.8 Å². The number of hydrogen-bond acceptors (Lipinski definition) is 7. The molecule has 0 amide bonds. The quantitative estimate of drug-likeness (QED) is 0.392. The average Bonchev–Trinajstić information content (AvgIpc) is 3.07. The summed E-state index contributed by atoms with van der Waals surface area (Å²) in [5, 5.41) is 11.0. The smallest absolute Gasteiger partial charge is 0.338 e. The minimum absolute atomic E-state index is 0.110. The number of nitro benzene ring substituents is 1. The highest BCUT2D eigenvalue weighted by Crippen LogP contribution is 2.19. The van der Waals surface area contributed by atoms with Crippen molar-refractivity contribution in [3.8, 4) is 0 Å². The molecule has 0 atom stereocenters. The number of nitrogens with zero attached hydrogens (tertiary/aromatic N) is 3. The molecule has 0 saturated heterocycles. The molecule has 132 valence electrons. The van der Waals surface area contributed by atoms with Crippen LogP contribution < -0.4 is 0 Å². The summed E-state index contributed by atoms with van der Waals surface area (Å²) >= 11 is 0. The first kappa shape index (κ1) is 17.1. The number of esters is 2. The second-order valence-electron chi connectivity index (χ2n) is 5.29. The first-order valence-electron chi connectivity index (χ1n) is 7.45. The van der Waals surface area contributed by atoms with Gasteiger partial charge in [0.2, 0.25) is 0 Å². The summed E-state index contributed by atoms with van der Waals surface area (Å²) in [4.78, 5) is 38.5. The van der Waals surface area contributed by atoms with Crippen molar-refractivity contribution in [1.82, 2.24) is 9.38 Å². The van der Waals surface area contributed by atoms with Crippen LogP contribution in [0.25, 0.3) is 5.65 Å². The molecule has 3 aromatic rings. The Labute approximate surface area is 146 Å². The Morgan fingerprint density at radius 1 is 1.19 bits per heavy atom. The van der Waals surface area contributed by atoms with Gasteiger partial charge in [0.05, 0.1) is 28.9 Å². The lowest BCUT2D eigenvalue weighted by Crippen LogP contribution is -2.09. The maximum absolute atomic E-state index is 12.2. The molecule has 0 aliphatic rings. The van der Waals surface area contributed by atoms with Gasteiger partial charge in [0.25, 0.3) is 5.69 Å². The van der Waals surface area contributed by atoms with Crippen molar-refractivity contribution in [1.29, 1.82) is 0 Å². The zero-order chi connectivity index (χ0) is 18.7. The van der Waals surface area contributed by atoms with Crippen molar-refractivity contribution >= 4 is 23.3 Å². The fourth-order valence-electron chi connectivity index (χ4n) is 2.35. The molecule has 9 nitrogen and oxygen atoms in total. The third kappa shape index (κ3) is 3.51. The van der Waals surface area contributed by atoms with Crippen molar-refractivity contribution in [2.24, 2.45) is 0 Å². The van der Waals surface area contributed by atoms with E-state index in [4.69, 9.17) is 4.74 Å². The lowest BCUT2D eigenvalue weighted by Gasteiger charge is -2.05. The van der Waals surface area contributed by atoms with Gasteiger partial charge < -0.3 is 13.9 Å². The zero-order valence-electron chi connectivity index (χ0n) is 13.6. The first-order chi connectivity index (χ1) is 12.5. The standard InChI is InChI=1S/C17H13N3O6/c1-25-16(21)11-6-12(8-14(7-11)20(23)24)17(22)26-10-13-9-19-5-3-2-4-15(19)18-13/h2-9H,10H2,1H3. The number of nitro groups is 1. The second kappa shape index (κ2) is 7.01. The SMILES string of the molecule is COC(=O)c1cc(C(=O)OCc2cn3ccccc3n2)cc([N+](=O)[O-])c1. The molecule has 26 heavy (non-hydrogen) atoms. The molecule has 2 aromatic heterocycles. The topological polar surface area (TPSA) is 113 Å². The van der Waals surface area contributed by atoms with Crippen LogP contribution in [-0.2, 0) is 16.1 Å². The number of ether oxygens (including phenoxy) is 2. The molecular formula is C17H13N3O6. The van der Waals surface area contributed by atoms with Crippen LogP contribution in [0.5, 0.6) is 0 Å². The summed E-state index contributed by atoms with van der Waals surface area (Å²) in [7, 11) is 1.14. The van der Waals surface area contributed by atoms with Gasteiger partial charge in [0, 0.05) is 24.5 Å². The van der Waals surface area contributed by atoms with E-state index in [9.17, 15) is 19.7 Å². The maximum atomic E-state index is 12.2. The molecule has 0 spiro atoms. The van der Waals surface area contributed by atoms with Crippen molar-refractivity contribution in [3.05, 3.63) is 75.7 Å². The molecule has 2 heterocycles. The maximum Gasteiger partial charge on any atom is 0.338 e. The summed E-state index contributed by atoms with van der Waals surface area (Å²) in [6, 6.07) is 8.72. The van der Waals surface area contributed by atoms with E-state index in [-0.39, 0.29) is 17.7 Å². The molecule has 1 aromatic carbocycles.